The molecule has 0 spiro atoms. The maximum absolute atomic E-state index is 9.97. The van der Waals surface area contributed by atoms with E-state index >= 15 is 0 Å². The number of fused-ring (bicyclic) bond motifs is 5. The number of aliphatic hydroxyl groups excluding tert-OH is 1. The maximum Gasteiger partial charge on any atom is 0.0883 e. The Morgan fingerprint density at radius 3 is 2.69 bits per heavy atom. The lowest BCUT2D eigenvalue weighted by Crippen LogP contribution is -2.38. The van der Waals surface area contributed by atoms with Gasteiger partial charge < -0.3 is 10.2 Å². The van der Waals surface area contributed by atoms with Crippen LogP contribution >= 0.6 is 0 Å². The largest absolute Gasteiger partial charge is 0.390 e. The molecule has 0 aliphatic heterocycles. The van der Waals surface area contributed by atoms with Crippen molar-refractivity contribution in [3.05, 3.63) is 12.2 Å². The van der Waals surface area contributed by atoms with Gasteiger partial charge in [-0.2, -0.15) is 0 Å². The molecule has 0 aromatic rings. The first-order chi connectivity index (χ1) is 6.09. The molecule has 3 aliphatic rings. The number of allylic oxidation sites excluding steroid dienone is 2. The molecule has 2 heteroatoms. The summed E-state index contributed by atoms with van der Waals surface area (Å²) in [5.74, 6) is 2.06. The van der Waals surface area contributed by atoms with Crippen molar-refractivity contribution in [1.82, 2.24) is 0 Å². The Balaban J connectivity index is 1.96. The fourth-order valence-electron chi connectivity index (χ4n) is 3.73. The van der Waals surface area contributed by atoms with Crippen molar-refractivity contribution in [1.29, 1.82) is 0 Å². The number of hydrogen-bond acceptors (Lipinski definition) is 2. The topological polar surface area (TPSA) is 40.5 Å². The van der Waals surface area contributed by atoms with E-state index in [1.807, 2.05) is 0 Å². The van der Waals surface area contributed by atoms with Crippen molar-refractivity contribution in [2.45, 2.75) is 31.5 Å². The van der Waals surface area contributed by atoms with E-state index in [0.717, 1.165) is 6.42 Å². The third-order valence-electron chi connectivity index (χ3n) is 4.34. The Bertz CT molecular complexity index is 269. The minimum Gasteiger partial charge on any atom is -0.390 e. The van der Waals surface area contributed by atoms with E-state index in [2.05, 4.69) is 12.2 Å². The van der Waals surface area contributed by atoms with Gasteiger partial charge in [0.25, 0.3) is 0 Å². The summed E-state index contributed by atoms with van der Waals surface area (Å²) in [6, 6.07) is 0. The molecule has 13 heavy (non-hydrogen) atoms. The summed E-state index contributed by atoms with van der Waals surface area (Å²) in [6.07, 6.45) is 6.00. The van der Waals surface area contributed by atoms with Crippen LogP contribution in [0, 0.1) is 23.7 Å². The molecule has 6 atom stereocenters. The van der Waals surface area contributed by atoms with Gasteiger partial charge in [0, 0.05) is 0 Å². The van der Waals surface area contributed by atoms with Crippen LogP contribution in [0.25, 0.3) is 0 Å². The zero-order chi connectivity index (χ0) is 9.22. The third-order valence-corrected chi connectivity index (χ3v) is 4.34. The van der Waals surface area contributed by atoms with Crippen LogP contribution in [0.5, 0.6) is 0 Å². The summed E-state index contributed by atoms with van der Waals surface area (Å²) in [7, 11) is 0. The summed E-state index contributed by atoms with van der Waals surface area (Å²) in [5.41, 5.74) is -0.835. The molecule has 72 valence electrons. The maximum atomic E-state index is 9.97. The van der Waals surface area contributed by atoms with Crippen LogP contribution in [-0.2, 0) is 0 Å². The summed E-state index contributed by atoms with van der Waals surface area (Å²) in [4.78, 5) is 0. The molecule has 3 rings (SSSR count). The van der Waals surface area contributed by atoms with Crippen molar-refractivity contribution >= 4 is 0 Å². The fourth-order valence-corrected chi connectivity index (χ4v) is 3.73. The zero-order valence-electron chi connectivity index (χ0n) is 7.85. The molecule has 0 heterocycles. The predicted molar refractivity (Wildman–Crippen MR) is 49.0 cm³/mol. The molecule has 0 aromatic carbocycles. The molecule has 0 aromatic heterocycles. The highest BCUT2D eigenvalue weighted by Gasteiger charge is 2.58. The predicted octanol–water partition coefficient (Wildman–Crippen LogP) is 0.940. The van der Waals surface area contributed by atoms with E-state index in [-0.39, 0.29) is 0 Å². The lowest BCUT2D eigenvalue weighted by molar-refractivity contribution is -0.0589. The van der Waals surface area contributed by atoms with Gasteiger partial charge in [-0.1, -0.05) is 12.2 Å². The summed E-state index contributed by atoms with van der Waals surface area (Å²) in [6.45, 7) is 1.77. The molecule has 2 saturated carbocycles. The number of hydrogen-bond donors (Lipinski definition) is 2. The van der Waals surface area contributed by atoms with E-state index in [1.165, 1.54) is 6.42 Å². The average Bonchev–Trinajstić information content (AvgIpc) is 2.65. The van der Waals surface area contributed by atoms with Gasteiger partial charge in [-0.05, 0) is 43.4 Å². The van der Waals surface area contributed by atoms with Crippen LogP contribution in [0.3, 0.4) is 0 Å². The van der Waals surface area contributed by atoms with E-state index in [0.29, 0.717) is 23.7 Å². The molecule has 0 amide bonds. The first-order valence-electron chi connectivity index (χ1n) is 5.18. The van der Waals surface area contributed by atoms with E-state index in [1.54, 1.807) is 6.92 Å². The van der Waals surface area contributed by atoms with Gasteiger partial charge in [-0.15, -0.1) is 0 Å². The van der Waals surface area contributed by atoms with Gasteiger partial charge >= 0.3 is 0 Å². The van der Waals surface area contributed by atoms with Crippen LogP contribution < -0.4 is 0 Å². The van der Waals surface area contributed by atoms with E-state index in [9.17, 15) is 10.2 Å². The highest BCUT2D eigenvalue weighted by molar-refractivity contribution is 5.20. The Labute approximate surface area is 78.3 Å². The van der Waals surface area contributed by atoms with Gasteiger partial charge in [0.1, 0.15) is 0 Å². The van der Waals surface area contributed by atoms with Crippen molar-refractivity contribution in [2.24, 2.45) is 23.7 Å². The smallest absolute Gasteiger partial charge is 0.0883 e. The lowest BCUT2D eigenvalue weighted by atomic mass is 9.85. The zero-order valence-corrected chi connectivity index (χ0v) is 7.85. The Morgan fingerprint density at radius 1 is 1.31 bits per heavy atom. The Kier molecular flexibility index (Phi) is 1.34. The quantitative estimate of drug-likeness (QED) is 0.545. The van der Waals surface area contributed by atoms with Crippen LogP contribution in [0.4, 0.5) is 0 Å². The SMILES string of the molecule is C[C@]1(O)C[C@@H]2[C@H]([C@@H]3C=C[C@H]2C3)[C@@H]1O. The molecule has 2 fully saturated rings. The molecule has 0 radical (unpaired) electrons. The fraction of sp³-hybridized carbons (Fsp3) is 0.818. The van der Waals surface area contributed by atoms with Gasteiger partial charge in [-0.25, -0.2) is 0 Å². The second-order valence-corrected chi connectivity index (χ2v) is 5.20. The molecular formula is C11H16O2. The minimum absolute atomic E-state index is 0.338. The molecule has 0 unspecified atom stereocenters. The second-order valence-electron chi connectivity index (χ2n) is 5.20. The third kappa shape index (κ3) is 0.856. The first kappa shape index (κ1) is 8.01. The van der Waals surface area contributed by atoms with Crippen molar-refractivity contribution in [3.63, 3.8) is 0 Å². The summed E-state index contributed by atoms with van der Waals surface area (Å²) < 4.78 is 0. The Hall–Kier alpha value is -0.340. The van der Waals surface area contributed by atoms with Gasteiger partial charge in [-0.3, -0.25) is 0 Å². The minimum atomic E-state index is -0.835. The molecule has 2 N–H and O–H groups in total. The van der Waals surface area contributed by atoms with Crippen molar-refractivity contribution < 1.29 is 10.2 Å². The highest BCUT2D eigenvalue weighted by Crippen LogP contribution is 2.57. The van der Waals surface area contributed by atoms with Crippen LogP contribution in [0.2, 0.25) is 0 Å². The Morgan fingerprint density at radius 2 is 2.00 bits per heavy atom. The highest BCUT2D eigenvalue weighted by atomic mass is 16.3. The van der Waals surface area contributed by atoms with Crippen molar-refractivity contribution in [3.8, 4) is 0 Å². The normalized spacial score (nSPS) is 63.2. The van der Waals surface area contributed by atoms with Gasteiger partial charge in [0.15, 0.2) is 0 Å². The number of aliphatic hydroxyl groups is 2. The van der Waals surface area contributed by atoms with E-state index < -0.39 is 11.7 Å². The standard InChI is InChI=1S/C11H16O2/c1-11(13)5-8-6-2-3-7(4-6)9(8)10(11)12/h2-3,6-10,12-13H,4-5H2,1H3/t6-,7+,8-,9-,10-,11-/m0/s1. The molecular weight excluding hydrogens is 164 g/mol. The van der Waals surface area contributed by atoms with Gasteiger partial charge in [0.2, 0.25) is 0 Å². The summed E-state index contributed by atoms with van der Waals surface area (Å²) >= 11 is 0. The average molecular weight is 180 g/mol. The van der Waals surface area contributed by atoms with Crippen LogP contribution in [0.1, 0.15) is 19.8 Å². The molecule has 3 aliphatic carbocycles. The van der Waals surface area contributed by atoms with Crippen LogP contribution in [-0.4, -0.2) is 21.9 Å². The summed E-state index contributed by atoms with van der Waals surface area (Å²) in [5, 5.41) is 19.9. The first-order valence-corrected chi connectivity index (χ1v) is 5.18. The second kappa shape index (κ2) is 2.18. The molecule has 2 bridgehead atoms. The van der Waals surface area contributed by atoms with E-state index in [4.69, 9.17) is 0 Å². The number of rotatable bonds is 0. The lowest BCUT2D eigenvalue weighted by Gasteiger charge is -2.26. The molecule has 2 nitrogen and oxygen atoms in total. The monoisotopic (exact) mass is 180 g/mol. The molecule has 0 saturated heterocycles. The van der Waals surface area contributed by atoms with Crippen molar-refractivity contribution in [2.75, 3.05) is 0 Å². The van der Waals surface area contributed by atoms with Crippen LogP contribution in [0.15, 0.2) is 12.2 Å². The van der Waals surface area contributed by atoms with Gasteiger partial charge in [0.05, 0.1) is 11.7 Å².